The molecule has 0 amide bonds. The van der Waals surface area contributed by atoms with Crippen LogP contribution in [0.25, 0.3) is 0 Å². The molecule has 3 nitrogen and oxygen atoms in total. The van der Waals surface area contributed by atoms with Crippen molar-refractivity contribution in [3.8, 4) is 5.75 Å². The fourth-order valence-corrected chi connectivity index (χ4v) is 1.76. The summed E-state index contributed by atoms with van der Waals surface area (Å²) in [6, 6.07) is 7.82. The van der Waals surface area contributed by atoms with E-state index in [0.717, 1.165) is 17.6 Å². The summed E-state index contributed by atoms with van der Waals surface area (Å²) in [6.07, 6.45) is 1.07. The largest absolute Gasteiger partial charge is 0.494 e. The highest BCUT2D eigenvalue weighted by molar-refractivity contribution is 6.61. The van der Waals surface area contributed by atoms with Gasteiger partial charge in [-0.25, -0.2) is 0 Å². The zero-order chi connectivity index (χ0) is 15.0. The van der Waals surface area contributed by atoms with Gasteiger partial charge in [-0.3, -0.25) is 0 Å². The molecule has 0 saturated heterocycles. The molecule has 0 aliphatic carbocycles. The number of hydrogen-bond donors (Lipinski definition) is 0. The van der Waals surface area contributed by atoms with Gasteiger partial charge in [0.15, 0.2) is 0 Å². The lowest BCUT2D eigenvalue weighted by molar-refractivity contribution is 0.139. The maximum Gasteiger partial charge on any atom is 0.494 e. The lowest BCUT2D eigenvalue weighted by Gasteiger charge is -2.20. The predicted octanol–water partition coefficient (Wildman–Crippen LogP) is 3.24. The molecule has 0 bridgehead atoms. The van der Waals surface area contributed by atoms with E-state index >= 15 is 0 Å². The Balaban J connectivity index is 2.66. The van der Waals surface area contributed by atoms with Gasteiger partial charge in [-0.1, -0.05) is 12.1 Å². The molecule has 112 valence electrons. The number of hydrogen-bond acceptors (Lipinski definition) is 3. The van der Waals surface area contributed by atoms with E-state index in [1.807, 2.05) is 52.0 Å². The SMILES string of the molecule is CC(C)OB(OC(C)C)c1ccc(OCCCCl)cc1. The highest BCUT2D eigenvalue weighted by atomic mass is 35.5. The fourth-order valence-electron chi connectivity index (χ4n) is 1.65. The van der Waals surface area contributed by atoms with Gasteiger partial charge < -0.3 is 14.0 Å². The summed E-state index contributed by atoms with van der Waals surface area (Å²) in [4.78, 5) is 0. The van der Waals surface area contributed by atoms with Crippen molar-refractivity contribution < 1.29 is 14.0 Å². The molecule has 5 heteroatoms. The molecule has 0 aromatic heterocycles. The van der Waals surface area contributed by atoms with Gasteiger partial charge in [0.2, 0.25) is 0 Å². The second-order valence-electron chi connectivity index (χ2n) is 5.16. The van der Waals surface area contributed by atoms with Crippen molar-refractivity contribution in [2.24, 2.45) is 0 Å². The van der Waals surface area contributed by atoms with Crippen LogP contribution in [0.15, 0.2) is 24.3 Å². The first-order chi connectivity index (χ1) is 9.52. The minimum absolute atomic E-state index is 0.110. The van der Waals surface area contributed by atoms with E-state index in [9.17, 15) is 0 Å². The van der Waals surface area contributed by atoms with Gasteiger partial charge in [-0.2, -0.15) is 0 Å². The lowest BCUT2D eigenvalue weighted by atomic mass is 9.78. The summed E-state index contributed by atoms with van der Waals surface area (Å²) in [6.45, 7) is 8.64. The van der Waals surface area contributed by atoms with Crippen LogP contribution in [0, 0.1) is 0 Å². The Morgan fingerprint density at radius 1 is 1.00 bits per heavy atom. The highest BCUT2D eigenvalue weighted by Gasteiger charge is 2.24. The average Bonchev–Trinajstić information content (AvgIpc) is 2.38. The van der Waals surface area contributed by atoms with Crippen LogP contribution in [0.5, 0.6) is 5.75 Å². The molecule has 1 aromatic rings. The van der Waals surface area contributed by atoms with E-state index in [4.69, 9.17) is 25.6 Å². The van der Waals surface area contributed by atoms with Crippen LogP contribution in [-0.4, -0.2) is 31.8 Å². The third-order valence-corrected chi connectivity index (χ3v) is 2.76. The second-order valence-corrected chi connectivity index (χ2v) is 5.54. The molecule has 0 atom stereocenters. The Morgan fingerprint density at radius 2 is 1.55 bits per heavy atom. The van der Waals surface area contributed by atoms with Gasteiger partial charge in [0.1, 0.15) is 5.75 Å². The topological polar surface area (TPSA) is 27.7 Å². The van der Waals surface area contributed by atoms with E-state index in [1.54, 1.807) is 0 Å². The first-order valence-corrected chi connectivity index (χ1v) is 7.66. The van der Waals surface area contributed by atoms with Crippen molar-refractivity contribution in [1.82, 2.24) is 0 Å². The van der Waals surface area contributed by atoms with E-state index in [0.29, 0.717) is 12.5 Å². The molecule has 20 heavy (non-hydrogen) atoms. The summed E-state index contributed by atoms with van der Waals surface area (Å²) in [5.41, 5.74) is 0.997. The number of alkyl halides is 1. The summed E-state index contributed by atoms with van der Waals surface area (Å²) in [7, 11) is -0.341. The van der Waals surface area contributed by atoms with Gasteiger partial charge in [0.05, 0.1) is 6.61 Å². The van der Waals surface area contributed by atoms with Crippen molar-refractivity contribution in [3.63, 3.8) is 0 Å². The lowest BCUT2D eigenvalue weighted by Crippen LogP contribution is -2.40. The maximum absolute atomic E-state index is 5.81. The van der Waals surface area contributed by atoms with E-state index < -0.39 is 0 Å². The van der Waals surface area contributed by atoms with Crippen LogP contribution in [-0.2, 0) is 9.31 Å². The first kappa shape index (κ1) is 17.3. The van der Waals surface area contributed by atoms with Gasteiger partial charge in [-0.05, 0) is 51.7 Å². The van der Waals surface area contributed by atoms with Crippen molar-refractivity contribution in [1.29, 1.82) is 0 Å². The average molecular weight is 299 g/mol. The molecule has 0 fully saturated rings. The van der Waals surface area contributed by atoms with Gasteiger partial charge in [0, 0.05) is 18.1 Å². The number of benzene rings is 1. The van der Waals surface area contributed by atoms with Crippen LogP contribution in [0.1, 0.15) is 34.1 Å². The van der Waals surface area contributed by atoms with Crippen molar-refractivity contribution >= 4 is 24.2 Å². The van der Waals surface area contributed by atoms with Gasteiger partial charge in [-0.15, -0.1) is 11.6 Å². The van der Waals surface area contributed by atoms with E-state index in [2.05, 4.69) is 0 Å². The number of halogens is 1. The molecule has 0 unspecified atom stereocenters. The first-order valence-electron chi connectivity index (χ1n) is 7.12. The quantitative estimate of drug-likeness (QED) is 0.398. The van der Waals surface area contributed by atoms with Crippen LogP contribution in [0.4, 0.5) is 0 Å². The summed E-state index contributed by atoms with van der Waals surface area (Å²) in [5, 5.41) is 0. The zero-order valence-electron chi connectivity index (χ0n) is 12.8. The molecule has 0 aliphatic rings. The molecule has 0 heterocycles. The third-order valence-electron chi connectivity index (χ3n) is 2.49. The van der Waals surface area contributed by atoms with Crippen molar-refractivity contribution in [2.45, 2.75) is 46.3 Å². The van der Waals surface area contributed by atoms with Gasteiger partial charge >= 0.3 is 7.12 Å². The molecule has 0 saturated carbocycles. The Hall–Kier alpha value is -0.705. The van der Waals surface area contributed by atoms with Crippen LogP contribution >= 0.6 is 11.6 Å². The number of rotatable bonds is 9. The molecule has 0 aliphatic heterocycles. The van der Waals surface area contributed by atoms with E-state index in [-0.39, 0.29) is 19.3 Å². The van der Waals surface area contributed by atoms with Crippen LogP contribution in [0.3, 0.4) is 0 Å². The second kappa shape index (κ2) is 9.27. The zero-order valence-corrected chi connectivity index (χ0v) is 13.5. The van der Waals surface area contributed by atoms with Gasteiger partial charge in [0.25, 0.3) is 0 Å². The minimum atomic E-state index is -0.341. The molecule has 0 N–H and O–H groups in total. The fraction of sp³-hybridized carbons (Fsp3) is 0.600. The molecule has 0 spiro atoms. The van der Waals surface area contributed by atoms with Crippen molar-refractivity contribution in [3.05, 3.63) is 24.3 Å². The summed E-state index contributed by atoms with van der Waals surface area (Å²) < 4.78 is 17.2. The molecular formula is C15H24BClO3. The molecule has 1 aromatic carbocycles. The monoisotopic (exact) mass is 298 g/mol. The Kier molecular flexibility index (Phi) is 8.04. The Morgan fingerprint density at radius 3 is 2.00 bits per heavy atom. The predicted molar refractivity (Wildman–Crippen MR) is 85.1 cm³/mol. The molecular weight excluding hydrogens is 274 g/mol. The standard InChI is InChI=1S/C15H24BClO3/c1-12(2)19-16(20-13(3)4)14-6-8-15(9-7-14)18-11-5-10-17/h6-9,12-13H,5,10-11H2,1-4H3. The Bertz CT molecular complexity index is 358. The van der Waals surface area contributed by atoms with Crippen LogP contribution < -0.4 is 10.2 Å². The highest BCUT2D eigenvalue weighted by Crippen LogP contribution is 2.10. The van der Waals surface area contributed by atoms with E-state index in [1.165, 1.54) is 0 Å². The van der Waals surface area contributed by atoms with Crippen LogP contribution in [0.2, 0.25) is 0 Å². The maximum atomic E-state index is 5.81. The Labute approximate surface area is 127 Å². The normalized spacial score (nSPS) is 11.2. The molecule has 0 radical (unpaired) electrons. The smallest absolute Gasteiger partial charge is 0.494 e. The third kappa shape index (κ3) is 6.64. The minimum Gasteiger partial charge on any atom is -0.494 e. The number of ether oxygens (including phenoxy) is 1. The molecule has 1 rings (SSSR count). The summed E-state index contributed by atoms with van der Waals surface area (Å²) >= 11 is 5.62. The van der Waals surface area contributed by atoms with Crippen molar-refractivity contribution in [2.75, 3.05) is 12.5 Å². The summed E-state index contributed by atoms with van der Waals surface area (Å²) in [5.74, 6) is 1.46.